The normalized spacial score (nSPS) is 11.5. The third-order valence-electron chi connectivity index (χ3n) is 3.34. The van der Waals surface area contributed by atoms with Crippen molar-refractivity contribution in [1.82, 2.24) is 24.6 Å². The van der Waals surface area contributed by atoms with Crippen LogP contribution in [-0.4, -0.2) is 56.6 Å². The van der Waals surface area contributed by atoms with Gasteiger partial charge in [-0.15, -0.1) is 5.10 Å². The van der Waals surface area contributed by atoms with Crippen molar-refractivity contribution in [3.8, 4) is 5.88 Å². The third kappa shape index (κ3) is 5.10. The summed E-state index contributed by atoms with van der Waals surface area (Å²) in [7, 11) is 0. The molecule has 0 aromatic carbocycles. The minimum Gasteiger partial charge on any atom is -0.467 e. The largest absolute Gasteiger partial charge is 0.467 e. The molecule has 0 fully saturated rings. The maximum Gasteiger partial charge on any atom is 0.422 e. The molecule has 26 heavy (non-hydrogen) atoms. The topological polar surface area (TPSA) is 73.1 Å². The van der Waals surface area contributed by atoms with Crippen molar-refractivity contribution < 1.29 is 22.7 Å². The Hall–Kier alpha value is -2.30. The Morgan fingerprint density at radius 2 is 2.00 bits per heavy atom. The monoisotopic (exact) mass is 389 g/mol. The zero-order chi connectivity index (χ0) is 19.3. The number of alkyl halides is 3. The van der Waals surface area contributed by atoms with E-state index in [9.17, 15) is 18.0 Å². The lowest BCUT2D eigenvalue weighted by Crippen LogP contribution is -2.34. The first kappa shape index (κ1) is 20.0. The van der Waals surface area contributed by atoms with E-state index in [1.807, 2.05) is 13.8 Å². The maximum atomic E-state index is 12.4. The van der Waals surface area contributed by atoms with Crippen LogP contribution in [0.4, 0.5) is 18.0 Å². The lowest BCUT2D eigenvalue weighted by molar-refractivity contribution is -0.154. The highest BCUT2D eigenvalue weighted by Gasteiger charge is 2.29. The number of aryl methyl sites for hydroxylation is 1. The Labute approximate surface area is 152 Å². The van der Waals surface area contributed by atoms with Gasteiger partial charge in [0.15, 0.2) is 6.61 Å². The van der Waals surface area contributed by atoms with Crippen LogP contribution in [-0.2, 0) is 0 Å². The molecule has 0 bridgehead atoms. The van der Waals surface area contributed by atoms with E-state index in [2.05, 4.69) is 15.1 Å². The van der Waals surface area contributed by atoms with Gasteiger partial charge in [-0.2, -0.15) is 17.9 Å². The van der Waals surface area contributed by atoms with Crippen LogP contribution in [0.1, 0.15) is 19.4 Å². The smallest absolute Gasteiger partial charge is 0.422 e. The number of aromatic nitrogens is 4. The number of nitrogens with zero attached hydrogens (tertiary/aromatic N) is 5. The van der Waals surface area contributed by atoms with E-state index < -0.39 is 12.8 Å². The summed E-state index contributed by atoms with van der Waals surface area (Å²) in [4.78, 5) is 22.1. The minimum atomic E-state index is -4.47. The van der Waals surface area contributed by atoms with E-state index in [1.165, 1.54) is 12.5 Å². The first-order chi connectivity index (χ1) is 12.2. The molecule has 2 aromatic heterocycles. The van der Waals surface area contributed by atoms with Crippen molar-refractivity contribution in [3.63, 3.8) is 0 Å². The van der Waals surface area contributed by atoms with Crippen LogP contribution in [0.3, 0.4) is 0 Å². The van der Waals surface area contributed by atoms with E-state index in [0.717, 1.165) is 16.4 Å². The lowest BCUT2D eigenvalue weighted by atomic mass is 10.3. The van der Waals surface area contributed by atoms with E-state index >= 15 is 0 Å². The number of halogens is 3. The Kier molecular flexibility index (Phi) is 6.46. The summed E-state index contributed by atoms with van der Waals surface area (Å²) >= 11 is 0.988. The van der Waals surface area contributed by atoms with Crippen molar-refractivity contribution in [3.05, 3.63) is 24.2 Å². The molecule has 0 N–H and O–H groups in total. The minimum absolute atomic E-state index is 0.154. The van der Waals surface area contributed by atoms with Crippen molar-refractivity contribution in [2.45, 2.75) is 37.0 Å². The number of amides is 1. The predicted octanol–water partition coefficient (Wildman–Crippen LogP) is 3.38. The fraction of sp³-hybridized carbons (Fsp3) is 0.467. The molecule has 0 saturated carbocycles. The van der Waals surface area contributed by atoms with Crippen LogP contribution in [0, 0.1) is 6.92 Å². The van der Waals surface area contributed by atoms with Crippen LogP contribution >= 0.6 is 11.8 Å². The first-order valence-corrected chi connectivity index (χ1v) is 8.60. The fourth-order valence-electron chi connectivity index (χ4n) is 2.01. The van der Waals surface area contributed by atoms with Crippen LogP contribution in [0.25, 0.3) is 0 Å². The number of rotatable bonds is 6. The fourth-order valence-corrected chi connectivity index (χ4v) is 2.85. The first-order valence-electron chi connectivity index (χ1n) is 7.79. The van der Waals surface area contributed by atoms with Gasteiger partial charge in [-0.05, 0) is 44.2 Å². The number of carbonyl (C=O) groups excluding carboxylic acids is 1. The molecule has 0 atom stereocenters. The molecule has 7 nitrogen and oxygen atoms in total. The Morgan fingerprint density at radius 1 is 1.31 bits per heavy atom. The molecule has 2 heterocycles. The molecule has 0 radical (unpaired) electrons. The van der Waals surface area contributed by atoms with Gasteiger partial charge in [0.25, 0.3) is 0 Å². The molecule has 2 aromatic rings. The molecular formula is C15H18F3N5O2S. The lowest BCUT2D eigenvalue weighted by Gasteiger charge is -2.17. The molecule has 0 aliphatic heterocycles. The summed E-state index contributed by atoms with van der Waals surface area (Å²) in [6.45, 7) is 5.00. The molecule has 1 amide bonds. The summed E-state index contributed by atoms with van der Waals surface area (Å²) < 4.78 is 43.1. The Balaban J connectivity index is 2.20. The van der Waals surface area contributed by atoms with E-state index in [1.54, 1.807) is 17.9 Å². The van der Waals surface area contributed by atoms with E-state index in [0.29, 0.717) is 23.5 Å². The van der Waals surface area contributed by atoms with Crippen LogP contribution < -0.4 is 4.74 Å². The predicted molar refractivity (Wildman–Crippen MR) is 88.4 cm³/mol. The van der Waals surface area contributed by atoms with Gasteiger partial charge in [-0.25, -0.2) is 14.8 Å². The van der Waals surface area contributed by atoms with Gasteiger partial charge in [-0.1, -0.05) is 0 Å². The van der Waals surface area contributed by atoms with Gasteiger partial charge >= 0.3 is 12.2 Å². The maximum absolute atomic E-state index is 12.4. The van der Waals surface area contributed by atoms with Gasteiger partial charge in [-0.3, -0.25) is 0 Å². The molecule has 142 valence electrons. The van der Waals surface area contributed by atoms with Gasteiger partial charge in [0.2, 0.25) is 11.0 Å². The summed E-state index contributed by atoms with van der Waals surface area (Å²) in [5.74, 6) is -0.154. The standard InChI is InChI=1S/C15H18F3N5O2S/c1-4-22(5-2)14(24)23-9-20-13(21-23)26-11-10(3)6-7-19-12(11)25-8-15(16,17)18/h6-7,9H,4-5,8H2,1-3H3. The summed E-state index contributed by atoms with van der Waals surface area (Å²) in [5.41, 5.74) is 0.661. The van der Waals surface area contributed by atoms with Crippen molar-refractivity contribution in [1.29, 1.82) is 0 Å². The third-order valence-corrected chi connectivity index (χ3v) is 4.41. The molecule has 2 rings (SSSR count). The van der Waals surface area contributed by atoms with Gasteiger partial charge in [0, 0.05) is 19.3 Å². The summed E-state index contributed by atoms with van der Waals surface area (Å²) in [5, 5.41) is 4.29. The zero-order valence-corrected chi connectivity index (χ0v) is 15.3. The highest BCUT2D eigenvalue weighted by molar-refractivity contribution is 7.99. The molecule has 0 unspecified atom stereocenters. The van der Waals surface area contributed by atoms with Crippen LogP contribution in [0.15, 0.2) is 28.6 Å². The van der Waals surface area contributed by atoms with Gasteiger partial charge < -0.3 is 9.64 Å². The highest BCUT2D eigenvalue weighted by Crippen LogP contribution is 2.35. The van der Waals surface area contributed by atoms with E-state index in [4.69, 9.17) is 4.74 Å². The second kappa shape index (κ2) is 8.39. The number of carbonyl (C=O) groups is 1. The number of pyridine rings is 1. The zero-order valence-electron chi connectivity index (χ0n) is 14.4. The molecule has 0 aliphatic rings. The molecule has 11 heteroatoms. The molecule has 0 saturated heterocycles. The molecule has 0 spiro atoms. The summed E-state index contributed by atoms with van der Waals surface area (Å²) in [6.07, 6.45) is -1.84. The molecular weight excluding hydrogens is 371 g/mol. The Bertz CT molecular complexity index is 762. The van der Waals surface area contributed by atoms with E-state index in [-0.39, 0.29) is 17.1 Å². The average molecular weight is 389 g/mol. The van der Waals surface area contributed by atoms with Crippen LogP contribution in [0.2, 0.25) is 0 Å². The number of hydrogen-bond donors (Lipinski definition) is 0. The molecule has 0 aliphatic carbocycles. The second-order valence-electron chi connectivity index (χ2n) is 5.19. The quantitative estimate of drug-likeness (QED) is 0.754. The SMILES string of the molecule is CCN(CC)C(=O)n1cnc(Sc2c(C)ccnc2OCC(F)(F)F)n1. The Morgan fingerprint density at radius 3 is 2.62 bits per heavy atom. The van der Waals surface area contributed by atoms with Crippen molar-refractivity contribution >= 4 is 17.8 Å². The average Bonchev–Trinajstić information content (AvgIpc) is 3.04. The van der Waals surface area contributed by atoms with Crippen LogP contribution in [0.5, 0.6) is 5.88 Å². The van der Waals surface area contributed by atoms with Gasteiger partial charge in [0.1, 0.15) is 6.33 Å². The second-order valence-corrected chi connectivity index (χ2v) is 6.17. The number of ether oxygens (including phenoxy) is 1. The van der Waals surface area contributed by atoms with Crippen molar-refractivity contribution in [2.24, 2.45) is 0 Å². The number of hydrogen-bond acceptors (Lipinski definition) is 6. The highest BCUT2D eigenvalue weighted by atomic mass is 32.2. The summed E-state index contributed by atoms with van der Waals surface area (Å²) in [6, 6.07) is 1.31. The van der Waals surface area contributed by atoms with Gasteiger partial charge in [0.05, 0.1) is 4.90 Å². The van der Waals surface area contributed by atoms with Crippen molar-refractivity contribution in [2.75, 3.05) is 19.7 Å².